The monoisotopic (exact) mass is 631 g/mol. The number of rotatable bonds is 6. The number of carbonyl (C=O) groups excluding carboxylic acids is 2. The highest BCUT2D eigenvalue weighted by atomic mass is 19.4. The molecule has 4 bridgehead atoms. The molecule has 4 aromatic rings. The third-order valence-electron chi connectivity index (χ3n) is 9.93. The van der Waals surface area contributed by atoms with Crippen LogP contribution in [-0.2, 0) is 17.3 Å². The standard InChI is InChI=1S/C35H32F3N3O5/c1-46-33(44)29-26(30(42)25-11-12-27(35(36,37)38)39-31(25)41(29)24-5-3-2-4-6-24)15-19-7-9-21(10-8-19)32(43)40-28-22-13-20-14-23(28)18-34(45,16-20)17-22/h2-12,20,22-23,28,45H,13-18H2,1H3,(H,40,43)/t20?,22-,23?,28?,34?/m1/s1. The molecule has 2 aromatic heterocycles. The number of aliphatic hydroxyl groups is 1. The van der Waals surface area contributed by atoms with Crippen molar-refractivity contribution < 1.29 is 32.6 Å². The van der Waals surface area contributed by atoms with Crippen molar-refractivity contribution in [1.29, 1.82) is 0 Å². The fourth-order valence-corrected chi connectivity index (χ4v) is 8.20. The lowest BCUT2D eigenvalue weighted by atomic mass is 9.52. The van der Waals surface area contributed by atoms with E-state index in [0.717, 1.165) is 38.5 Å². The van der Waals surface area contributed by atoms with E-state index in [-0.39, 0.29) is 52.5 Å². The summed E-state index contributed by atoms with van der Waals surface area (Å²) in [5.41, 5.74) is -1.61. The van der Waals surface area contributed by atoms with Crippen molar-refractivity contribution in [3.63, 3.8) is 0 Å². The zero-order valence-corrected chi connectivity index (χ0v) is 25.0. The third-order valence-corrected chi connectivity index (χ3v) is 9.93. The second-order valence-corrected chi connectivity index (χ2v) is 13.0. The van der Waals surface area contributed by atoms with Crippen LogP contribution in [0.3, 0.4) is 0 Å². The first-order chi connectivity index (χ1) is 21.9. The number of hydrogen-bond donors (Lipinski definition) is 2. The van der Waals surface area contributed by atoms with Crippen LogP contribution < -0.4 is 10.7 Å². The van der Waals surface area contributed by atoms with Crippen LogP contribution in [-0.4, -0.2) is 45.3 Å². The van der Waals surface area contributed by atoms with Gasteiger partial charge in [-0.25, -0.2) is 9.78 Å². The summed E-state index contributed by atoms with van der Waals surface area (Å²) in [6, 6.07) is 16.8. The van der Waals surface area contributed by atoms with E-state index >= 15 is 0 Å². The van der Waals surface area contributed by atoms with Gasteiger partial charge >= 0.3 is 12.1 Å². The first-order valence-electron chi connectivity index (χ1n) is 15.4. The Morgan fingerprint density at radius 2 is 1.67 bits per heavy atom. The largest absolute Gasteiger partial charge is 0.464 e. The van der Waals surface area contributed by atoms with E-state index in [1.807, 2.05) is 0 Å². The molecule has 4 unspecified atom stereocenters. The number of benzene rings is 2. The van der Waals surface area contributed by atoms with Gasteiger partial charge < -0.3 is 15.2 Å². The van der Waals surface area contributed by atoms with Crippen molar-refractivity contribution in [3.8, 4) is 5.69 Å². The quantitative estimate of drug-likeness (QED) is 0.274. The van der Waals surface area contributed by atoms with E-state index in [0.29, 0.717) is 35.6 Å². The van der Waals surface area contributed by atoms with E-state index in [4.69, 9.17) is 4.74 Å². The van der Waals surface area contributed by atoms with Gasteiger partial charge in [0.05, 0.1) is 18.1 Å². The Kier molecular flexibility index (Phi) is 7.26. The van der Waals surface area contributed by atoms with Crippen LogP contribution in [0.1, 0.15) is 69.8 Å². The molecule has 11 heteroatoms. The highest BCUT2D eigenvalue weighted by molar-refractivity contribution is 5.95. The maximum absolute atomic E-state index is 13.8. The molecule has 0 aliphatic heterocycles. The summed E-state index contributed by atoms with van der Waals surface area (Å²) in [5, 5.41) is 14.0. The van der Waals surface area contributed by atoms with Crippen molar-refractivity contribution in [2.24, 2.45) is 17.8 Å². The van der Waals surface area contributed by atoms with Crippen LogP contribution in [0, 0.1) is 17.8 Å². The van der Waals surface area contributed by atoms with Gasteiger partial charge in [-0.3, -0.25) is 14.2 Å². The van der Waals surface area contributed by atoms with Crippen LogP contribution in [0.2, 0.25) is 0 Å². The molecule has 4 saturated carbocycles. The number of methoxy groups -OCH3 is 1. The minimum atomic E-state index is -4.78. The number of esters is 1. The lowest BCUT2D eigenvalue weighted by molar-refractivity contribution is -0.141. The molecule has 4 aliphatic carbocycles. The topological polar surface area (TPSA) is 111 Å². The molecule has 8 rings (SSSR count). The first-order valence-corrected chi connectivity index (χ1v) is 15.4. The van der Waals surface area contributed by atoms with Crippen molar-refractivity contribution in [1.82, 2.24) is 14.9 Å². The molecular weight excluding hydrogens is 599 g/mol. The number of hydrogen-bond acceptors (Lipinski definition) is 6. The lowest BCUT2D eigenvalue weighted by Gasteiger charge is -2.58. The number of ether oxygens (including phenoxy) is 1. The molecule has 4 aliphatic rings. The van der Waals surface area contributed by atoms with E-state index < -0.39 is 28.9 Å². The van der Waals surface area contributed by atoms with E-state index in [9.17, 15) is 32.7 Å². The average molecular weight is 632 g/mol. The van der Waals surface area contributed by atoms with Crippen molar-refractivity contribution in [2.75, 3.05) is 7.11 Å². The van der Waals surface area contributed by atoms with Crippen molar-refractivity contribution >= 4 is 22.9 Å². The van der Waals surface area contributed by atoms with Gasteiger partial charge in [-0.2, -0.15) is 13.2 Å². The smallest absolute Gasteiger partial charge is 0.433 e. The number of carbonyl (C=O) groups is 2. The first kappa shape index (κ1) is 30.2. The van der Waals surface area contributed by atoms with Gasteiger partial charge in [-0.15, -0.1) is 0 Å². The Bertz CT molecular complexity index is 1890. The minimum absolute atomic E-state index is 0.0205. The zero-order valence-electron chi connectivity index (χ0n) is 25.0. The van der Waals surface area contributed by atoms with Crippen LogP contribution >= 0.6 is 0 Å². The summed E-state index contributed by atoms with van der Waals surface area (Å²) in [7, 11) is 1.13. The molecule has 0 spiro atoms. The molecule has 5 atom stereocenters. The number of halogens is 3. The molecule has 8 nitrogen and oxygen atoms in total. The molecule has 1 amide bonds. The Labute approximate surface area is 262 Å². The zero-order chi connectivity index (χ0) is 32.4. The van der Waals surface area contributed by atoms with Crippen molar-refractivity contribution in [2.45, 2.75) is 56.3 Å². The molecule has 0 radical (unpaired) electrons. The number of amides is 1. The number of fused-ring (bicyclic) bond motifs is 1. The Morgan fingerprint density at radius 3 is 2.28 bits per heavy atom. The van der Waals surface area contributed by atoms with E-state index in [2.05, 4.69) is 10.3 Å². The van der Waals surface area contributed by atoms with E-state index in [1.54, 1.807) is 54.6 Å². The molecule has 238 valence electrons. The number of nitrogens with zero attached hydrogens (tertiary/aromatic N) is 2. The van der Waals surface area contributed by atoms with Gasteiger partial charge in [0.1, 0.15) is 17.0 Å². The van der Waals surface area contributed by atoms with Gasteiger partial charge in [0.15, 0.2) is 5.43 Å². The SMILES string of the molecule is COC(=O)c1c(Cc2ccc(C(=O)NC3C4CC5C[C@@H]3CC(O)(C5)C4)cc2)c(=O)c2ccc(C(F)(F)F)nc2n1-c1ccccc1. The second kappa shape index (κ2) is 11.1. The second-order valence-electron chi connectivity index (χ2n) is 13.0. The Morgan fingerprint density at radius 1 is 1.00 bits per heavy atom. The molecule has 2 heterocycles. The summed E-state index contributed by atoms with van der Waals surface area (Å²) >= 11 is 0. The minimum Gasteiger partial charge on any atom is -0.464 e. The summed E-state index contributed by atoms with van der Waals surface area (Å²) in [4.78, 5) is 44.2. The van der Waals surface area contributed by atoms with Gasteiger partial charge in [0, 0.05) is 29.3 Å². The van der Waals surface area contributed by atoms with Crippen LogP contribution in [0.5, 0.6) is 0 Å². The predicted octanol–water partition coefficient (Wildman–Crippen LogP) is 5.45. The van der Waals surface area contributed by atoms with Crippen LogP contribution in [0.25, 0.3) is 16.7 Å². The fourth-order valence-electron chi connectivity index (χ4n) is 8.20. The summed E-state index contributed by atoms with van der Waals surface area (Å²) in [6.07, 6.45) is -0.506. The summed E-state index contributed by atoms with van der Waals surface area (Å²) < 4.78 is 47.3. The van der Waals surface area contributed by atoms with Gasteiger partial charge in [0.25, 0.3) is 5.91 Å². The van der Waals surface area contributed by atoms with E-state index in [1.165, 1.54) is 4.57 Å². The molecular formula is C35H32F3N3O5. The molecule has 0 saturated heterocycles. The summed E-state index contributed by atoms with van der Waals surface area (Å²) in [5.74, 6) is -0.0765. The van der Waals surface area contributed by atoms with Gasteiger partial charge in [0.2, 0.25) is 0 Å². The number of pyridine rings is 2. The maximum atomic E-state index is 13.8. The molecule has 46 heavy (non-hydrogen) atoms. The van der Waals surface area contributed by atoms with Crippen molar-refractivity contribution in [3.05, 3.63) is 105 Å². The highest BCUT2D eigenvalue weighted by Gasteiger charge is 2.55. The molecule has 2 aromatic carbocycles. The number of aromatic nitrogens is 2. The summed E-state index contributed by atoms with van der Waals surface area (Å²) in [6.45, 7) is 0. The molecule has 2 N–H and O–H groups in total. The Balaban J connectivity index is 1.23. The fraction of sp³-hybridized carbons (Fsp3) is 0.371. The average Bonchev–Trinajstić information content (AvgIpc) is 3.02. The van der Waals surface area contributed by atoms with Crippen LogP contribution in [0.15, 0.2) is 71.5 Å². The number of nitrogens with one attached hydrogen (secondary N) is 1. The Hall–Kier alpha value is -4.51. The maximum Gasteiger partial charge on any atom is 0.433 e. The normalized spacial score (nSPS) is 25.1. The van der Waals surface area contributed by atoms with Gasteiger partial charge in [-0.1, -0.05) is 30.3 Å². The molecule has 4 fully saturated rings. The van der Waals surface area contributed by atoms with Gasteiger partial charge in [-0.05, 0) is 91.8 Å². The number of para-hydroxylation sites is 1. The highest BCUT2D eigenvalue weighted by Crippen LogP contribution is 2.55. The third kappa shape index (κ3) is 5.26. The lowest BCUT2D eigenvalue weighted by Crippen LogP contribution is -2.61. The predicted molar refractivity (Wildman–Crippen MR) is 163 cm³/mol. The van der Waals surface area contributed by atoms with Crippen LogP contribution in [0.4, 0.5) is 13.2 Å². The number of alkyl halides is 3.